The van der Waals surface area contributed by atoms with Gasteiger partial charge in [0.1, 0.15) is 12.2 Å². The van der Waals surface area contributed by atoms with Crippen molar-refractivity contribution in [1.82, 2.24) is 19.4 Å². The maximum atomic E-state index is 12.3. The zero-order valence-corrected chi connectivity index (χ0v) is 14.9. The highest BCUT2D eigenvalue weighted by molar-refractivity contribution is 7.88. The first-order chi connectivity index (χ1) is 12.4. The van der Waals surface area contributed by atoms with Crippen LogP contribution in [0.5, 0.6) is 0 Å². The zero-order chi connectivity index (χ0) is 18.3. The second kappa shape index (κ2) is 6.03. The van der Waals surface area contributed by atoms with E-state index >= 15 is 0 Å². The number of fused-ring (bicyclic) bond motifs is 1. The van der Waals surface area contributed by atoms with Crippen LogP contribution in [-0.4, -0.2) is 33.6 Å². The third kappa shape index (κ3) is 2.86. The van der Waals surface area contributed by atoms with Crippen LogP contribution in [0.3, 0.4) is 0 Å². The van der Waals surface area contributed by atoms with Crippen LogP contribution >= 0.6 is 0 Å². The molecule has 0 aliphatic carbocycles. The van der Waals surface area contributed by atoms with Crippen LogP contribution in [0, 0.1) is 0 Å². The van der Waals surface area contributed by atoms with Gasteiger partial charge in [0.25, 0.3) is 0 Å². The maximum Gasteiger partial charge on any atom is 0.345 e. The minimum Gasteiger partial charge on any atom is -0.337 e. The average Bonchev–Trinajstić information content (AvgIpc) is 3.05. The summed E-state index contributed by atoms with van der Waals surface area (Å²) in [5.41, 5.74) is 1.56. The van der Waals surface area contributed by atoms with Gasteiger partial charge in [-0.05, 0) is 31.4 Å². The number of nitrogens with zero attached hydrogens (tertiary/aromatic N) is 5. The highest BCUT2D eigenvalue weighted by Crippen LogP contribution is 2.25. The second-order valence-corrected chi connectivity index (χ2v) is 7.41. The van der Waals surface area contributed by atoms with E-state index in [2.05, 4.69) is 19.5 Å². The van der Waals surface area contributed by atoms with Crippen molar-refractivity contribution >= 4 is 26.7 Å². The van der Waals surface area contributed by atoms with Gasteiger partial charge in [0.05, 0.1) is 5.71 Å². The van der Waals surface area contributed by atoms with E-state index in [1.54, 1.807) is 26.1 Å². The minimum absolute atomic E-state index is 0.0841. The van der Waals surface area contributed by atoms with Crippen molar-refractivity contribution in [3.8, 4) is 11.5 Å². The lowest BCUT2D eigenvalue weighted by Gasteiger charge is -2.23. The van der Waals surface area contributed by atoms with Crippen molar-refractivity contribution < 1.29 is 12.9 Å². The van der Waals surface area contributed by atoms with Crippen LogP contribution in [0.25, 0.3) is 22.3 Å². The summed E-state index contributed by atoms with van der Waals surface area (Å²) in [5.74, 6) is 0.480. The molecule has 3 heterocycles. The highest BCUT2D eigenvalue weighted by Gasteiger charge is 2.27. The maximum absolute atomic E-state index is 12.3. The number of aromatic nitrogens is 3. The first-order valence-corrected chi connectivity index (χ1v) is 9.28. The van der Waals surface area contributed by atoms with Crippen molar-refractivity contribution in [2.45, 2.75) is 20.4 Å². The SMILES string of the molecule is CC1=CC(C)=NS(=O)(=O)N1Cc1nc(-c2nccc3ccccc23)no1. The predicted molar refractivity (Wildman–Crippen MR) is 96.4 cm³/mol. The molecule has 0 spiro atoms. The molecule has 132 valence electrons. The van der Waals surface area contributed by atoms with Crippen molar-refractivity contribution in [1.29, 1.82) is 0 Å². The molecule has 0 bridgehead atoms. The quantitative estimate of drug-likeness (QED) is 0.703. The molecule has 1 aliphatic rings. The molecule has 0 N–H and O–H groups in total. The van der Waals surface area contributed by atoms with Gasteiger partial charge in [-0.2, -0.15) is 13.4 Å². The topological polar surface area (TPSA) is 102 Å². The van der Waals surface area contributed by atoms with Gasteiger partial charge < -0.3 is 4.52 Å². The number of pyridine rings is 1. The Morgan fingerprint density at radius 2 is 1.96 bits per heavy atom. The number of allylic oxidation sites excluding steroid dienone is 2. The summed E-state index contributed by atoms with van der Waals surface area (Å²) in [6.45, 7) is 3.24. The highest BCUT2D eigenvalue weighted by atomic mass is 32.2. The number of hydrogen-bond acceptors (Lipinski definition) is 6. The monoisotopic (exact) mass is 369 g/mol. The normalized spacial score (nSPS) is 16.5. The van der Waals surface area contributed by atoms with Crippen LogP contribution in [0.1, 0.15) is 19.7 Å². The van der Waals surface area contributed by atoms with Crippen LogP contribution in [0.15, 0.2) is 57.2 Å². The first kappa shape index (κ1) is 16.4. The number of benzene rings is 1. The minimum atomic E-state index is -3.80. The molecule has 0 saturated heterocycles. The van der Waals surface area contributed by atoms with Gasteiger partial charge in [0.2, 0.25) is 11.7 Å². The lowest BCUT2D eigenvalue weighted by molar-refractivity contribution is 0.339. The summed E-state index contributed by atoms with van der Waals surface area (Å²) >= 11 is 0. The molecule has 2 aromatic heterocycles. The largest absolute Gasteiger partial charge is 0.345 e. The van der Waals surface area contributed by atoms with Crippen molar-refractivity contribution in [3.63, 3.8) is 0 Å². The van der Waals surface area contributed by atoms with E-state index in [4.69, 9.17) is 4.52 Å². The van der Waals surface area contributed by atoms with E-state index in [-0.39, 0.29) is 12.4 Å². The molecule has 0 atom stereocenters. The molecular formula is C17H15N5O3S. The summed E-state index contributed by atoms with van der Waals surface area (Å²) in [4.78, 5) is 8.66. The Kier molecular flexibility index (Phi) is 3.80. The second-order valence-electron chi connectivity index (χ2n) is 5.90. The molecule has 1 aromatic carbocycles. The summed E-state index contributed by atoms with van der Waals surface area (Å²) in [6.07, 6.45) is 3.36. The van der Waals surface area contributed by atoms with E-state index in [1.807, 2.05) is 30.3 Å². The van der Waals surface area contributed by atoms with Gasteiger partial charge in [0.15, 0.2) is 0 Å². The number of hydrogen-bond donors (Lipinski definition) is 0. The Balaban J connectivity index is 1.68. The zero-order valence-electron chi connectivity index (χ0n) is 14.1. The third-order valence-corrected chi connectivity index (χ3v) is 5.47. The average molecular weight is 369 g/mol. The first-order valence-electron chi connectivity index (χ1n) is 7.88. The molecule has 0 amide bonds. The van der Waals surface area contributed by atoms with Gasteiger partial charge in [-0.3, -0.25) is 4.98 Å². The molecule has 26 heavy (non-hydrogen) atoms. The standard InChI is InChI=1S/C17H15N5O3S/c1-11-9-12(2)22(26(23,24)21-11)10-15-19-17(20-25-15)16-14-6-4-3-5-13(14)7-8-18-16/h3-9H,10H2,1-2H3. The van der Waals surface area contributed by atoms with E-state index in [1.165, 1.54) is 0 Å². The van der Waals surface area contributed by atoms with E-state index in [0.29, 0.717) is 22.9 Å². The van der Waals surface area contributed by atoms with Gasteiger partial charge in [-0.1, -0.05) is 29.4 Å². The third-order valence-electron chi connectivity index (χ3n) is 3.98. The molecule has 0 unspecified atom stereocenters. The summed E-state index contributed by atoms with van der Waals surface area (Å²) in [7, 11) is -3.80. The Labute approximate surface area is 150 Å². The lowest BCUT2D eigenvalue weighted by atomic mass is 10.1. The van der Waals surface area contributed by atoms with E-state index < -0.39 is 10.2 Å². The Hall–Kier alpha value is -3.07. The van der Waals surface area contributed by atoms with Gasteiger partial charge in [0, 0.05) is 17.3 Å². The van der Waals surface area contributed by atoms with E-state index in [0.717, 1.165) is 15.1 Å². The summed E-state index contributed by atoms with van der Waals surface area (Å²) in [6, 6.07) is 9.63. The Morgan fingerprint density at radius 3 is 2.77 bits per heavy atom. The fourth-order valence-electron chi connectivity index (χ4n) is 2.86. The smallest absolute Gasteiger partial charge is 0.337 e. The van der Waals surface area contributed by atoms with Crippen LogP contribution in [-0.2, 0) is 16.8 Å². The van der Waals surface area contributed by atoms with Gasteiger partial charge >= 0.3 is 10.2 Å². The van der Waals surface area contributed by atoms with Crippen LogP contribution in [0.4, 0.5) is 0 Å². The number of rotatable bonds is 3. The molecule has 8 nitrogen and oxygen atoms in total. The Bertz CT molecular complexity index is 1160. The lowest BCUT2D eigenvalue weighted by Crippen LogP contribution is -2.31. The van der Waals surface area contributed by atoms with Crippen LogP contribution in [0.2, 0.25) is 0 Å². The summed E-state index contributed by atoms with van der Waals surface area (Å²) < 4.78 is 34.6. The fourth-order valence-corrected chi connectivity index (χ4v) is 4.06. The van der Waals surface area contributed by atoms with E-state index in [9.17, 15) is 8.42 Å². The molecular weight excluding hydrogens is 354 g/mol. The molecule has 0 fully saturated rings. The fraction of sp³-hybridized carbons (Fsp3) is 0.176. The Morgan fingerprint density at radius 1 is 1.15 bits per heavy atom. The van der Waals surface area contributed by atoms with Crippen LogP contribution < -0.4 is 0 Å². The molecule has 3 aromatic rings. The van der Waals surface area contributed by atoms with Crippen molar-refractivity contribution in [2.24, 2.45) is 4.40 Å². The summed E-state index contributed by atoms with van der Waals surface area (Å²) in [5, 5.41) is 5.86. The van der Waals surface area contributed by atoms with Crippen molar-refractivity contribution in [2.75, 3.05) is 0 Å². The van der Waals surface area contributed by atoms with Crippen molar-refractivity contribution in [3.05, 3.63) is 54.2 Å². The van der Waals surface area contributed by atoms with Gasteiger partial charge in [-0.15, -0.1) is 4.40 Å². The predicted octanol–water partition coefficient (Wildman–Crippen LogP) is 2.71. The molecule has 4 rings (SSSR count). The molecule has 0 radical (unpaired) electrons. The molecule has 9 heteroatoms. The molecule has 0 saturated carbocycles. The molecule has 1 aliphatic heterocycles. The van der Waals surface area contributed by atoms with Gasteiger partial charge in [-0.25, -0.2) is 4.31 Å².